The van der Waals surface area contributed by atoms with Gasteiger partial charge in [-0.1, -0.05) is 0 Å². The Morgan fingerprint density at radius 1 is 1.03 bits per heavy atom. The Balaban J connectivity index is 1.39. The van der Waals surface area contributed by atoms with Crippen LogP contribution >= 0.6 is 0 Å². The summed E-state index contributed by atoms with van der Waals surface area (Å²) >= 11 is 0. The van der Waals surface area contributed by atoms with Gasteiger partial charge in [-0.2, -0.15) is 0 Å². The Labute approximate surface area is 168 Å². The third kappa shape index (κ3) is 4.33. The quantitative estimate of drug-likeness (QED) is 0.757. The molecular formula is C20H25F2N5O2. The first kappa shape index (κ1) is 19.6. The Hall–Kier alpha value is -2.71. The lowest BCUT2D eigenvalue weighted by molar-refractivity contribution is 0.0256. The summed E-state index contributed by atoms with van der Waals surface area (Å²) in [6, 6.07) is 3.63. The van der Waals surface area contributed by atoms with E-state index in [1.807, 2.05) is 13.0 Å². The molecular weight excluding hydrogens is 380 g/mol. The zero-order chi connectivity index (χ0) is 20.4. The Morgan fingerprint density at radius 3 is 2.34 bits per heavy atom. The summed E-state index contributed by atoms with van der Waals surface area (Å²) in [6.45, 7) is 3.50. The van der Waals surface area contributed by atoms with Gasteiger partial charge in [0.05, 0.1) is 19.9 Å². The second-order valence-corrected chi connectivity index (χ2v) is 7.51. The Morgan fingerprint density at radius 2 is 1.76 bits per heavy atom. The molecule has 0 aliphatic carbocycles. The number of pyridine rings is 1. The molecule has 0 radical (unpaired) electrons. The van der Waals surface area contributed by atoms with E-state index in [2.05, 4.69) is 19.9 Å². The summed E-state index contributed by atoms with van der Waals surface area (Å²) in [5.74, 6) is 0.0473. The molecule has 0 bridgehead atoms. The van der Waals surface area contributed by atoms with Crippen molar-refractivity contribution < 1.29 is 18.3 Å². The van der Waals surface area contributed by atoms with Crippen LogP contribution in [-0.2, 0) is 0 Å². The van der Waals surface area contributed by atoms with Crippen LogP contribution in [0.15, 0.2) is 24.7 Å². The molecule has 7 nitrogen and oxygen atoms in total. The van der Waals surface area contributed by atoms with E-state index in [0.29, 0.717) is 18.2 Å². The fourth-order valence-corrected chi connectivity index (χ4v) is 3.92. The van der Waals surface area contributed by atoms with Crippen LogP contribution in [0.1, 0.15) is 24.8 Å². The van der Waals surface area contributed by atoms with Crippen molar-refractivity contribution >= 4 is 11.6 Å². The number of anilines is 2. The number of halogens is 2. The van der Waals surface area contributed by atoms with Gasteiger partial charge in [0.15, 0.2) is 0 Å². The van der Waals surface area contributed by atoms with Crippen molar-refractivity contribution in [2.75, 3.05) is 43.1 Å². The highest BCUT2D eigenvalue weighted by Crippen LogP contribution is 2.34. The molecule has 0 saturated carbocycles. The maximum atomic E-state index is 13.6. The summed E-state index contributed by atoms with van der Waals surface area (Å²) in [5, 5.41) is 0. The van der Waals surface area contributed by atoms with E-state index in [1.54, 1.807) is 24.3 Å². The van der Waals surface area contributed by atoms with Gasteiger partial charge in [0.25, 0.3) is 5.92 Å². The average molecular weight is 405 g/mol. The normalized spacial score (nSPS) is 19.4. The first-order valence-electron chi connectivity index (χ1n) is 9.81. The molecule has 2 aromatic heterocycles. The highest BCUT2D eigenvalue weighted by molar-refractivity contribution is 5.60. The largest absolute Gasteiger partial charge is 0.489 e. The molecule has 4 rings (SSSR count). The monoisotopic (exact) mass is 405 g/mol. The number of alkyl halides is 2. The number of aromatic nitrogens is 3. The molecule has 2 aliphatic heterocycles. The van der Waals surface area contributed by atoms with Crippen molar-refractivity contribution in [2.24, 2.45) is 0 Å². The van der Waals surface area contributed by atoms with Gasteiger partial charge in [0.2, 0.25) is 5.88 Å². The van der Waals surface area contributed by atoms with Crippen LogP contribution in [0.4, 0.5) is 20.4 Å². The van der Waals surface area contributed by atoms with Crippen LogP contribution in [-0.4, -0.2) is 60.3 Å². The molecule has 29 heavy (non-hydrogen) atoms. The summed E-state index contributed by atoms with van der Waals surface area (Å²) in [6.07, 6.45) is 4.78. The SMILES string of the molecule is COc1ccc(OC2CCN(c3ncnc(N4CCC(F)(F)C4)c3C)CC2)cn1. The lowest BCUT2D eigenvalue weighted by Gasteiger charge is -2.34. The minimum absolute atomic E-state index is 0.0975. The van der Waals surface area contributed by atoms with Gasteiger partial charge in [0, 0.05) is 50.5 Å². The Kier molecular flexibility index (Phi) is 5.38. The van der Waals surface area contributed by atoms with Gasteiger partial charge in [-0.3, -0.25) is 0 Å². The Bertz CT molecular complexity index is 841. The van der Waals surface area contributed by atoms with Gasteiger partial charge in [-0.25, -0.2) is 23.7 Å². The zero-order valence-corrected chi connectivity index (χ0v) is 16.6. The summed E-state index contributed by atoms with van der Waals surface area (Å²) in [4.78, 5) is 16.7. The molecule has 156 valence electrons. The summed E-state index contributed by atoms with van der Waals surface area (Å²) in [5.41, 5.74) is 0.851. The van der Waals surface area contributed by atoms with Crippen molar-refractivity contribution in [1.29, 1.82) is 0 Å². The molecule has 4 heterocycles. The molecule has 2 aliphatic rings. The van der Waals surface area contributed by atoms with Crippen molar-refractivity contribution in [3.05, 3.63) is 30.2 Å². The van der Waals surface area contributed by atoms with E-state index in [4.69, 9.17) is 9.47 Å². The molecule has 0 N–H and O–H groups in total. The highest BCUT2D eigenvalue weighted by Gasteiger charge is 2.39. The van der Waals surface area contributed by atoms with Gasteiger partial charge in [0.1, 0.15) is 29.8 Å². The molecule has 2 saturated heterocycles. The van der Waals surface area contributed by atoms with Crippen LogP contribution in [0.2, 0.25) is 0 Å². The van der Waals surface area contributed by atoms with Crippen LogP contribution in [0.3, 0.4) is 0 Å². The third-order valence-corrected chi connectivity index (χ3v) is 5.46. The minimum atomic E-state index is -2.65. The van der Waals surface area contributed by atoms with Gasteiger partial charge < -0.3 is 19.3 Å². The molecule has 0 aromatic carbocycles. The molecule has 0 amide bonds. The van der Waals surface area contributed by atoms with Crippen molar-refractivity contribution in [3.8, 4) is 11.6 Å². The third-order valence-electron chi connectivity index (χ3n) is 5.46. The topological polar surface area (TPSA) is 63.6 Å². The smallest absolute Gasteiger partial charge is 0.266 e. The molecule has 2 aromatic rings. The first-order valence-corrected chi connectivity index (χ1v) is 9.81. The van der Waals surface area contributed by atoms with Gasteiger partial charge >= 0.3 is 0 Å². The van der Waals surface area contributed by atoms with Crippen LogP contribution < -0.4 is 19.3 Å². The maximum Gasteiger partial charge on any atom is 0.266 e. The lowest BCUT2D eigenvalue weighted by Crippen LogP contribution is -2.39. The number of piperidine rings is 1. The standard InChI is InChI=1S/C20H25F2N5O2/c1-14-18(24-13-25-19(14)27-10-7-20(21,22)12-27)26-8-5-15(6-9-26)29-16-3-4-17(28-2)23-11-16/h3-4,11,13,15H,5-10,12H2,1-2H3. The van der Waals surface area contributed by atoms with E-state index in [-0.39, 0.29) is 19.1 Å². The van der Waals surface area contributed by atoms with Crippen molar-refractivity contribution in [3.63, 3.8) is 0 Å². The molecule has 0 atom stereocenters. The summed E-state index contributed by atoms with van der Waals surface area (Å²) in [7, 11) is 1.58. The second kappa shape index (κ2) is 7.96. The second-order valence-electron chi connectivity index (χ2n) is 7.51. The number of hydrogen-bond donors (Lipinski definition) is 0. The van der Waals surface area contributed by atoms with Crippen molar-refractivity contribution in [1.82, 2.24) is 15.0 Å². The number of rotatable bonds is 5. The predicted molar refractivity (Wildman–Crippen MR) is 105 cm³/mol. The number of ether oxygens (including phenoxy) is 2. The number of nitrogens with zero attached hydrogens (tertiary/aromatic N) is 5. The first-order chi connectivity index (χ1) is 13.9. The van der Waals surface area contributed by atoms with E-state index < -0.39 is 5.92 Å². The zero-order valence-electron chi connectivity index (χ0n) is 16.6. The fourth-order valence-electron chi connectivity index (χ4n) is 3.92. The van der Waals surface area contributed by atoms with E-state index in [9.17, 15) is 8.78 Å². The fraction of sp³-hybridized carbons (Fsp3) is 0.550. The van der Waals surface area contributed by atoms with Crippen molar-refractivity contribution in [2.45, 2.75) is 38.2 Å². The predicted octanol–water partition coefficient (Wildman–Crippen LogP) is 3.08. The maximum absolute atomic E-state index is 13.6. The van der Waals surface area contributed by atoms with Crippen LogP contribution in [0.25, 0.3) is 0 Å². The minimum Gasteiger partial charge on any atom is -0.489 e. The molecule has 0 unspecified atom stereocenters. The number of methoxy groups -OCH3 is 1. The molecule has 2 fully saturated rings. The molecule has 9 heteroatoms. The highest BCUT2D eigenvalue weighted by atomic mass is 19.3. The summed E-state index contributed by atoms with van der Waals surface area (Å²) < 4.78 is 38.3. The van der Waals surface area contributed by atoms with Crippen LogP contribution in [0.5, 0.6) is 11.6 Å². The van der Waals surface area contributed by atoms with Crippen LogP contribution in [0, 0.1) is 6.92 Å². The van der Waals surface area contributed by atoms with E-state index in [1.165, 1.54) is 6.33 Å². The van der Waals surface area contributed by atoms with Gasteiger partial charge in [-0.15, -0.1) is 0 Å². The molecule has 0 spiro atoms. The average Bonchev–Trinajstić information content (AvgIpc) is 3.09. The number of hydrogen-bond acceptors (Lipinski definition) is 7. The van der Waals surface area contributed by atoms with Gasteiger partial charge in [-0.05, 0) is 13.0 Å². The van der Waals surface area contributed by atoms with E-state index >= 15 is 0 Å². The lowest BCUT2D eigenvalue weighted by atomic mass is 10.1. The van der Waals surface area contributed by atoms with E-state index in [0.717, 1.165) is 43.1 Å².